The number of amides is 1. The summed E-state index contributed by atoms with van der Waals surface area (Å²) < 4.78 is 11.1. The molecule has 1 N–H and O–H groups in total. The first-order valence-corrected chi connectivity index (χ1v) is 13.8. The number of esters is 1. The molecule has 1 saturated heterocycles. The third kappa shape index (κ3) is 5.99. The topological polar surface area (TPSA) is 106 Å². The van der Waals surface area contributed by atoms with Gasteiger partial charge in [-0.15, -0.1) is 0 Å². The number of halogens is 1. The summed E-state index contributed by atoms with van der Waals surface area (Å²) in [5.74, 6) is -1.62. The molecule has 2 heterocycles. The van der Waals surface area contributed by atoms with Gasteiger partial charge in [-0.1, -0.05) is 48.9 Å². The van der Waals surface area contributed by atoms with Crippen molar-refractivity contribution in [2.24, 2.45) is 5.92 Å². The average molecular weight is 569 g/mol. The number of ether oxygens (including phenoxy) is 2. The number of hydrogen-bond acceptors (Lipinski definition) is 8. The molecule has 3 aromatic rings. The Bertz CT molecular complexity index is 1430. The monoisotopic (exact) mass is 568 g/mol. The fourth-order valence-corrected chi connectivity index (χ4v) is 5.28. The van der Waals surface area contributed by atoms with Crippen LogP contribution in [-0.2, 0) is 14.3 Å². The van der Waals surface area contributed by atoms with Crippen LogP contribution in [0.2, 0.25) is 5.02 Å². The highest BCUT2D eigenvalue weighted by molar-refractivity contribution is 7.17. The number of carbonyl (C=O) groups is 3. The minimum Gasteiger partial charge on any atom is -0.507 e. The Kier molecular flexibility index (Phi) is 8.72. The standard InChI is InChI=1S/C29H29ClN2O6S/c1-5-37-28(36)26-17(4)31-29(39-26)32-23(19-7-6-8-21(15-19)38-14-13-16(2)3)22(25(34)27(32)35)24(33)18-9-11-20(30)12-10-18/h6-12,15-16,23,33H,5,13-14H2,1-4H3. The Morgan fingerprint density at radius 2 is 1.90 bits per heavy atom. The molecule has 1 aliphatic heterocycles. The summed E-state index contributed by atoms with van der Waals surface area (Å²) in [4.78, 5) is 45.3. The zero-order valence-corrected chi connectivity index (χ0v) is 23.6. The van der Waals surface area contributed by atoms with E-state index in [1.54, 1.807) is 62.4 Å². The van der Waals surface area contributed by atoms with Crippen molar-refractivity contribution in [1.82, 2.24) is 4.98 Å². The summed E-state index contributed by atoms with van der Waals surface area (Å²) in [7, 11) is 0. The Morgan fingerprint density at radius 1 is 1.18 bits per heavy atom. The van der Waals surface area contributed by atoms with Crippen LogP contribution in [0, 0.1) is 12.8 Å². The number of benzene rings is 2. The van der Waals surface area contributed by atoms with Crippen LogP contribution in [0.3, 0.4) is 0 Å². The molecule has 2 aromatic carbocycles. The average Bonchev–Trinajstić information content (AvgIpc) is 3.41. The van der Waals surface area contributed by atoms with E-state index in [4.69, 9.17) is 21.1 Å². The quantitative estimate of drug-likeness (QED) is 0.139. The first-order chi connectivity index (χ1) is 18.6. The van der Waals surface area contributed by atoms with Gasteiger partial charge in [-0.05, 0) is 68.1 Å². The lowest BCUT2D eigenvalue weighted by molar-refractivity contribution is -0.132. The number of nitrogens with zero attached hydrogens (tertiary/aromatic N) is 2. The summed E-state index contributed by atoms with van der Waals surface area (Å²) in [5.41, 5.74) is 1.14. The van der Waals surface area contributed by atoms with Crippen LogP contribution in [0.25, 0.3) is 5.76 Å². The second-order valence-corrected chi connectivity index (χ2v) is 10.8. The maximum absolute atomic E-state index is 13.5. The number of ketones is 1. The lowest BCUT2D eigenvalue weighted by Gasteiger charge is -2.23. The molecule has 4 rings (SSSR count). The first-order valence-electron chi connectivity index (χ1n) is 12.6. The Hall–Kier alpha value is -3.69. The van der Waals surface area contributed by atoms with Crippen LogP contribution in [0.1, 0.15) is 59.7 Å². The maximum atomic E-state index is 13.5. The molecular formula is C29H29ClN2O6S. The SMILES string of the molecule is CCOC(=O)c1sc(N2C(=O)C(=O)C(=C(O)c3ccc(Cl)cc3)C2c2cccc(OCCC(C)C)c2)nc1C. The molecule has 0 radical (unpaired) electrons. The van der Waals surface area contributed by atoms with Crippen molar-refractivity contribution in [3.05, 3.63) is 80.8 Å². The van der Waals surface area contributed by atoms with Crippen molar-refractivity contribution in [2.75, 3.05) is 18.1 Å². The third-order valence-electron chi connectivity index (χ3n) is 6.15. The lowest BCUT2D eigenvalue weighted by atomic mass is 9.95. The van der Waals surface area contributed by atoms with Gasteiger partial charge in [-0.25, -0.2) is 9.78 Å². The number of anilines is 1. The van der Waals surface area contributed by atoms with Crippen LogP contribution >= 0.6 is 22.9 Å². The molecule has 0 bridgehead atoms. The molecule has 204 valence electrons. The van der Waals surface area contributed by atoms with Crippen LogP contribution < -0.4 is 9.64 Å². The van der Waals surface area contributed by atoms with Gasteiger partial charge in [0.05, 0.1) is 30.5 Å². The number of aliphatic hydroxyl groups excluding tert-OH is 1. The van der Waals surface area contributed by atoms with Gasteiger partial charge in [0.25, 0.3) is 5.78 Å². The second kappa shape index (κ2) is 12.0. The van der Waals surface area contributed by atoms with Crippen molar-refractivity contribution in [3.63, 3.8) is 0 Å². The van der Waals surface area contributed by atoms with Gasteiger partial charge in [0.2, 0.25) is 0 Å². The highest BCUT2D eigenvalue weighted by Gasteiger charge is 2.48. The molecule has 8 nitrogen and oxygen atoms in total. The van der Waals surface area contributed by atoms with E-state index in [2.05, 4.69) is 18.8 Å². The molecule has 10 heteroatoms. The summed E-state index contributed by atoms with van der Waals surface area (Å²) in [6.07, 6.45) is 0.855. The molecule has 0 aliphatic carbocycles. The molecular weight excluding hydrogens is 540 g/mol. The van der Waals surface area contributed by atoms with Crippen molar-refractivity contribution in [1.29, 1.82) is 0 Å². The Balaban J connectivity index is 1.85. The van der Waals surface area contributed by atoms with Gasteiger partial charge in [-0.2, -0.15) is 0 Å². The van der Waals surface area contributed by atoms with E-state index in [0.717, 1.165) is 17.8 Å². The molecule has 1 aromatic heterocycles. The normalized spacial score (nSPS) is 16.7. The maximum Gasteiger partial charge on any atom is 0.350 e. The van der Waals surface area contributed by atoms with E-state index in [0.29, 0.717) is 40.1 Å². The number of thiazole rings is 1. The van der Waals surface area contributed by atoms with E-state index in [9.17, 15) is 19.5 Å². The van der Waals surface area contributed by atoms with Gasteiger partial charge in [0, 0.05) is 10.6 Å². The predicted molar refractivity (Wildman–Crippen MR) is 150 cm³/mol. The molecule has 1 aliphatic rings. The fraction of sp³-hybridized carbons (Fsp3) is 0.310. The number of rotatable bonds is 9. The number of Topliss-reactive ketones (excluding diaryl/α,β-unsaturated/α-hetero) is 1. The highest BCUT2D eigenvalue weighted by atomic mass is 35.5. The zero-order valence-electron chi connectivity index (χ0n) is 22.1. The summed E-state index contributed by atoms with van der Waals surface area (Å²) in [5, 5.41) is 11.9. The van der Waals surface area contributed by atoms with E-state index in [-0.39, 0.29) is 27.9 Å². The Labute approximate surface area is 235 Å². The lowest BCUT2D eigenvalue weighted by Crippen LogP contribution is -2.29. The number of aromatic nitrogens is 1. The number of hydrogen-bond donors (Lipinski definition) is 1. The molecule has 1 amide bonds. The van der Waals surface area contributed by atoms with Gasteiger partial charge in [0.15, 0.2) is 5.13 Å². The van der Waals surface area contributed by atoms with Gasteiger partial charge < -0.3 is 14.6 Å². The first kappa shape index (κ1) is 28.3. The summed E-state index contributed by atoms with van der Waals surface area (Å²) >= 11 is 6.97. The molecule has 0 spiro atoms. The fourth-order valence-electron chi connectivity index (χ4n) is 4.17. The molecule has 1 atom stereocenters. The van der Waals surface area contributed by atoms with E-state index in [1.807, 2.05) is 0 Å². The third-order valence-corrected chi connectivity index (χ3v) is 7.54. The van der Waals surface area contributed by atoms with Crippen LogP contribution in [0.15, 0.2) is 54.1 Å². The van der Waals surface area contributed by atoms with Crippen molar-refractivity contribution in [2.45, 2.75) is 40.2 Å². The highest BCUT2D eigenvalue weighted by Crippen LogP contribution is 2.44. The molecule has 39 heavy (non-hydrogen) atoms. The van der Waals surface area contributed by atoms with Gasteiger partial charge >= 0.3 is 11.9 Å². The van der Waals surface area contributed by atoms with Crippen molar-refractivity contribution in [3.8, 4) is 5.75 Å². The van der Waals surface area contributed by atoms with Crippen LogP contribution in [0.4, 0.5) is 5.13 Å². The number of aliphatic hydroxyl groups is 1. The van der Waals surface area contributed by atoms with Gasteiger partial charge in [0.1, 0.15) is 16.4 Å². The summed E-state index contributed by atoms with van der Waals surface area (Å²) in [6, 6.07) is 12.3. The Morgan fingerprint density at radius 3 is 2.56 bits per heavy atom. The minimum atomic E-state index is -1.02. The minimum absolute atomic E-state index is 0.104. The largest absolute Gasteiger partial charge is 0.507 e. The van der Waals surface area contributed by atoms with Crippen molar-refractivity contribution >= 4 is 51.5 Å². The van der Waals surface area contributed by atoms with E-state index >= 15 is 0 Å². The van der Waals surface area contributed by atoms with Crippen molar-refractivity contribution < 1.29 is 29.0 Å². The van der Waals surface area contributed by atoms with Gasteiger partial charge in [-0.3, -0.25) is 14.5 Å². The molecule has 1 unspecified atom stereocenters. The second-order valence-electron chi connectivity index (χ2n) is 9.41. The van der Waals surface area contributed by atoms with Crippen LogP contribution in [-0.4, -0.2) is 41.0 Å². The number of aryl methyl sites for hydroxylation is 1. The smallest absolute Gasteiger partial charge is 0.350 e. The van der Waals surface area contributed by atoms with E-state index < -0.39 is 23.7 Å². The van der Waals surface area contributed by atoms with E-state index in [1.165, 1.54) is 4.90 Å². The number of carbonyl (C=O) groups excluding carboxylic acids is 3. The molecule has 1 fully saturated rings. The van der Waals surface area contributed by atoms with Crippen LogP contribution in [0.5, 0.6) is 5.75 Å². The zero-order chi connectivity index (χ0) is 28.3. The molecule has 0 saturated carbocycles. The summed E-state index contributed by atoms with van der Waals surface area (Å²) in [6.45, 7) is 8.21. The predicted octanol–water partition coefficient (Wildman–Crippen LogP) is 6.33.